The Balaban J connectivity index is 2.03. The lowest BCUT2D eigenvalue weighted by Gasteiger charge is -2.02. The Hall–Kier alpha value is -1.60. The summed E-state index contributed by atoms with van der Waals surface area (Å²) in [4.78, 5) is 0. The Kier molecular flexibility index (Phi) is 3.53. The number of benzene rings is 1. The highest BCUT2D eigenvalue weighted by molar-refractivity contribution is 7.90. The summed E-state index contributed by atoms with van der Waals surface area (Å²) >= 11 is 5.72. The summed E-state index contributed by atoms with van der Waals surface area (Å²) in [7, 11) is -3.48. The first-order chi connectivity index (χ1) is 8.45. The molecule has 0 radical (unpaired) electrons. The molecule has 0 fully saturated rings. The molecule has 0 aliphatic rings. The normalized spacial score (nSPS) is 11.4. The quantitative estimate of drug-likeness (QED) is 0.852. The Morgan fingerprint density at radius 2 is 1.94 bits per heavy atom. The van der Waals surface area contributed by atoms with Crippen LogP contribution in [0.2, 0.25) is 5.02 Å². The molecule has 0 aliphatic heterocycles. The van der Waals surface area contributed by atoms with Crippen LogP contribution in [0.5, 0.6) is 5.75 Å². The van der Waals surface area contributed by atoms with E-state index in [2.05, 4.69) is 10.2 Å². The largest absolute Gasteiger partial charge is 0.484 e. The summed E-state index contributed by atoms with van der Waals surface area (Å²) in [5.74, 6) is 0.656. The van der Waals surface area contributed by atoms with Gasteiger partial charge < -0.3 is 9.15 Å². The van der Waals surface area contributed by atoms with Gasteiger partial charge in [-0.2, -0.15) is 0 Å². The fourth-order valence-electron chi connectivity index (χ4n) is 1.12. The minimum Gasteiger partial charge on any atom is -0.484 e. The van der Waals surface area contributed by atoms with E-state index >= 15 is 0 Å². The maximum absolute atomic E-state index is 11.1. The molecule has 1 aromatic heterocycles. The highest BCUT2D eigenvalue weighted by atomic mass is 35.5. The van der Waals surface area contributed by atoms with E-state index in [9.17, 15) is 8.42 Å². The minimum atomic E-state index is -3.48. The number of ether oxygens (including phenoxy) is 1. The molecular formula is C10H9ClN2O4S. The molecule has 0 bridgehead atoms. The Morgan fingerprint density at radius 3 is 2.50 bits per heavy atom. The zero-order valence-corrected chi connectivity index (χ0v) is 10.9. The van der Waals surface area contributed by atoms with Gasteiger partial charge in [0.25, 0.3) is 5.89 Å². The Bertz CT molecular complexity index is 636. The molecule has 96 valence electrons. The van der Waals surface area contributed by atoms with E-state index in [0.29, 0.717) is 10.8 Å². The summed E-state index contributed by atoms with van der Waals surface area (Å²) in [6.07, 6.45) is 0.990. The number of hydrogen-bond acceptors (Lipinski definition) is 6. The van der Waals surface area contributed by atoms with Crippen molar-refractivity contribution in [2.24, 2.45) is 0 Å². The number of halogens is 1. The molecule has 0 unspecified atom stereocenters. The van der Waals surface area contributed by atoms with Crippen LogP contribution in [0.1, 0.15) is 5.89 Å². The molecule has 0 saturated carbocycles. The van der Waals surface area contributed by atoms with Gasteiger partial charge in [-0.15, -0.1) is 5.10 Å². The molecule has 0 atom stereocenters. The standard InChI is InChI=1S/C10H9ClN2O4S/c1-18(14,15)10-13-12-9(17-10)6-16-8-4-2-7(11)3-5-8/h2-5H,6H2,1H3. The van der Waals surface area contributed by atoms with E-state index in [4.69, 9.17) is 20.8 Å². The van der Waals surface area contributed by atoms with Gasteiger partial charge in [-0.25, -0.2) is 8.42 Å². The van der Waals surface area contributed by atoms with Crippen LogP contribution in [-0.2, 0) is 16.4 Å². The van der Waals surface area contributed by atoms with Crippen molar-refractivity contribution in [2.75, 3.05) is 6.26 Å². The van der Waals surface area contributed by atoms with Crippen molar-refractivity contribution in [1.82, 2.24) is 10.2 Å². The van der Waals surface area contributed by atoms with Gasteiger partial charge in [0.1, 0.15) is 5.75 Å². The topological polar surface area (TPSA) is 82.3 Å². The van der Waals surface area contributed by atoms with Gasteiger partial charge >= 0.3 is 5.22 Å². The zero-order chi connectivity index (χ0) is 13.2. The molecule has 1 heterocycles. The van der Waals surface area contributed by atoms with Crippen LogP contribution < -0.4 is 4.74 Å². The third-order valence-electron chi connectivity index (χ3n) is 1.94. The Labute approximate surface area is 108 Å². The summed E-state index contributed by atoms with van der Waals surface area (Å²) in [5.41, 5.74) is 0. The number of aromatic nitrogens is 2. The molecule has 6 nitrogen and oxygen atoms in total. The highest BCUT2D eigenvalue weighted by Crippen LogP contribution is 2.17. The van der Waals surface area contributed by atoms with E-state index in [1.54, 1.807) is 24.3 Å². The van der Waals surface area contributed by atoms with E-state index < -0.39 is 15.1 Å². The summed E-state index contributed by atoms with van der Waals surface area (Å²) < 4.78 is 32.5. The molecule has 0 aliphatic carbocycles. The van der Waals surface area contributed by atoms with Crippen LogP contribution in [0, 0.1) is 0 Å². The van der Waals surface area contributed by atoms with Crippen molar-refractivity contribution in [2.45, 2.75) is 11.8 Å². The van der Waals surface area contributed by atoms with Gasteiger partial charge in [0.15, 0.2) is 6.61 Å². The first-order valence-corrected chi connectivity index (χ1v) is 7.13. The van der Waals surface area contributed by atoms with Crippen molar-refractivity contribution in [3.05, 3.63) is 35.2 Å². The van der Waals surface area contributed by atoms with E-state index in [1.807, 2.05) is 0 Å². The van der Waals surface area contributed by atoms with Crippen LogP contribution >= 0.6 is 11.6 Å². The fraction of sp³-hybridized carbons (Fsp3) is 0.200. The first kappa shape index (κ1) is 12.8. The SMILES string of the molecule is CS(=O)(=O)c1nnc(COc2ccc(Cl)cc2)o1. The monoisotopic (exact) mass is 288 g/mol. The number of hydrogen-bond donors (Lipinski definition) is 0. The lowest BCUT2D eigenvalue weighted by Crippen LogP contribution is -1.96. The molecule has 0 saturated heterocycles. The molecule has 1 aromatic carbocycles. The third-order valence-corrected chi connectivity index (χ3v) is 2.99. The molecule has 2 rings (SSSR count). The van der Waals surface area contributed by atoms with Crippen LogP contribution in [-0.4, -0.2) is 24.9 Å². The average molecular weight is 289 g/mol. The number of sulfone groups is 1. The fourth-order valence-corrected chi connectivity index (χ4v) is 1.68. The lowest BCUT2D eigenvalue weighted by atomic mass is 10.3. The molecule has 2 aromatic rings. The lowest BCUT2D eigenvalue weighted by molar-refractivity contribution is 0.250. The van der Waals surface area contributed by atoms with Gasteiger partial charge in [-0.3, -0.25) is 0 Å². The van der Waals surface area contributed by atoms with Gasteiger partial charge in [0.2, 0.25) is 9.84 Å². The van der Waals surface area contributed by atoms with Gasteiger partial charge in [0, 0.05) is 11.3 Å². The van der Waals surface area contributed by atoms with Crippen LogP contribution in [0.3, 0.4) is 0 Å². The minimum absolute atomic E-state index is 0.00977. The maximum Gasteiger partial charge on any atom is 0.335 e. The number of rotatable bonds is 4. The van der Waals surface area contributed by atoms with E-state index in [0.717, 1.165) is 6.26 Å². The average Bonchev–Trinajstić information content (AvgIpc) is 2.77. The number of nitrogens with zero attached hydrogens (tertiary/aromatic N) is 2. The summed E-state index contributed by atoms with van der Waals surface area (Å²) in [6.45, 7) is -0.00977. The molecule has 18 heavy (non-hydrogen) atoms. The second-order valence-corrected chi connectivity index (χ2v) is 5.81. The predicted octanol–water partition coefficient (Wildman–Crippen LogP) is 1.71. The molecule has 0 N–H and O–H groups in total. The molecule has 8 heteroatoms. The van der Waals surface area contributed by atoms with Crippen LogP contribution in [0.15, 0.2) is 33.9 Å². The van der Waals surface area contributed by atoms with Crippen molar-refractivity contribution in [3.8, 4) is 5.75 Å². The summed E-state index contributed by atoms with van der Waals surface area (Å²) in [5, 5.41) is 7.15. The predicted molar refractivity (Wildman–Crippen MR) is 63.2 cm³/mol. The van der Waals surface area contributed by atoms with Crippen molar-refractivity contribution >= 4 is 21.4 Å². The third kappa shape index (κ3) is 3.21. The van der Waals surface area contributed by atoms with Gasteiger partial charge in [-0.1, -0.05) is 16.7 Å². The molecule has 0 spiro atoms. The highest BCUT2D eigenvalue weighted by Gasteiger charge is 2.16. The van der Waals surface area contributed by atoms with Crippen molar-refractivity contribution in [1.29, 1.82) is 0 Å². The van der Waals surface area contributed by atoms with Crippen LogP contribution in [0.4, 0.5) is 0 Å². The second-order valence-electron chi connectivity index (χ2n) is 3.48. The molecular weight excluding hydrogens is 280 g/mol. The second kappa shape index (κ2) is 4.95. The smallest absolute Gasteiger partial charge is 0.335 e. The van der Waals surface area contributed by atoms with E-state index in [1.165, 1.54) is 0 Å². The summed E-state index contributed by atoms with van der Waals surface area (Å²) in [6, 6.07) is 6.70. The van der Waals surface area contributed by atoms with Crippen LogP contribution in [0.25, 0.3) is 0 Å². The molecule has 0 amide bonds. The van der Waals surface area contributed by atoms with Gasteiger partial charge in [-0.05, 0) is 24.3 Å². The van der Waals surface area contributed by atoms with Crippen molar-refractivity contribution in [3.63, 3.8) is 0 Å². The van der Waals surface area contributed by atoms with E-state index in [-0.39, 0.29) is 12.5 Å². The van der Waals surface area contributed by atoms with Gasteiger partial charge in [0.05, 0.1) is 0 Å². The Morgan fingerprint density at radius 1 is 1.28 bits per heavy atom. The van der Waals surface area contributed by atoms with Crippen molar-refractivity contribution < 1.29 is 17.6 Å². The zero-order valence-electron chi connectivity index (χ0n) is 9.33. The first-order valence-electron chi connectivity index (χ1n) is 4.86. The maximum atomic E-state index is 11.1.